The number of rotatable bonds is 9. The van der Waals surface area contributed by atoms with Gasteiger partial charge in [0.2, 0.25) is 0 Å². The summed E-state index contributed by atoms with van der Waals surface area (Å²) in [6.45, 7) is 19.5. The van der Waals surface area contributed by atoms with Gasteiger partial charge in [-0.1, -0.05) is 20.8 Å². The Hall–Kier alpha value is -3.47. The lowest BCUT2D eigenvalue weighted by Crippen LogP contribution is -2.61. The number of ether oxygens (including phenoxy) is 1. The Morgan fingerprint density at radius 3 is 2.40 bits per heavy atom. The van der Waals surface area contributed by atoms with Crippen LogP contribution in [-0.4, -0.2) is 87.7 Å². The molecule has 0 radical (unpaired) electrons. The molecule has 1 spiro atoms. The van der Waals surface area contributed by atoms with Gasteiger partial charge >= 0.3 is 6.09 Å². The molecule has 0 bridgehead atoms. The third-order valence-corrected chi connectivity index (χ3v) is 10.6. The first-order valence-electron chi connectivity index (χ1n) is 17.2. The van der Waals surface area contributed by atoms with E-state index in [4.69, 9.17) is 4.74 Å². The molecule has 47 heavy (non-hydrogen) atoms. The van der Waals surface area contributed by atoms with Crippen molar-refractivity contribution >= 4 is 17.8 Å². The lowest BCUT2D eigenvalue weighted by Gasteiger charge is -2.55. The number of hydrogen-bond acceptors (Lipinski definition) is 7. The van der Waals surface area contributed by atoms with Crippen LogP contribution in [0.1, 0.15) is 90.9 Å². The number of nitrogens with one attached hydrogen (secondary N) is 1. The Labute approximate surface area is 279 Å². The van der Waals surface area contributed by atoms with E-state index in [1.54, 1.807) is 11.1 Å². The van der Waals surface area contributed by atoms with Crippen LogP contribution in [0.4, 0.5) is 15.0 Å². The van der Waals surface area contributed by atoms with Gasteiger partial charge in [0.15, 0.2) is 11.6 Å². The molecule has 1 unspecified atom stereocenters. The highest BCUT2D eigenvalue weighted by Gasteiger charge is 2.47. The molecule has 3 heterocycles. The Balaban J connectivity index is 1.21. The molecule has 2 amide bonds. The smallest absolute Gasteiger partial charge is 0.404 e. The predicted molar refractivity (Wildman–Crippen MR) is 181 cm³/mol. The maximum Gasteiger partial charge on any atom is 0.404 e. The normalized spacial score (nSPS) is 23.1. The van der Waals surface area contributed by atoms with Crippen molar-refractivity contribution in [2.75, 3.05) is 37.6 Å². The first kappa shape index (κ1) is 34.9. The monoisotopic (exact) mass is 652 g/mol. The summed E-state index contributed by atoms with van der Waals surface area (Å²) in [4.78, 5) is 40.2. The van der Waals surface area contributed by atoms with Gasteiger partial charge in [-0.15, -0.1) is 0 Å². The highest BCUT2D eigenvalue weighted by Crippen LogP contribution is 2.47. The number of hydrogen-bond donors (Lipinski definition) is 2. The number of piperidine rings is 1. The molecule has 2 aliphatic heterocycles. The number of anilines is 1. The number of carboxylic acid groups (broad SMARTS) is 1. The topological polar surface area (TPSA) is 111 Å². The molecule has 2 N–H and O–H groups in total. The molecule has 258 valence electrons. The zero-order chi connectivity index (χ0) is 34.1. The minimum absolute atomic E-state index is 0.0409. The zero-order valence-corrected chi connectivity index (χ0v) is 29.1. The molecule has 1 aromatic heterocycles. The summed E-state index contributed by atoms with van der Waals surface area (Å²) in [5, 5.41) is 12.0. The maximum atomic E-state index is 14.4. The second-order valence-electron chi connectivity index (χ2n) is 15.7. The molecule has 11 heteroatoms. The summed E-state index contributed by atoms with van der Waals surface area (Å²) in [5.74, 6) is 1.66. The number of carbonyl (C=O) groups excluding carboxylic acids is 1. The van der Waals surface area contributed by atoms with Gasteiger partial charge in [-0.05, 0) is 108 Å². The van der Waals surface area contributed by atoms with E-state index in [-0.39, 0.29) is 46.2 Å². The Bertz CT molecular complexity index is 1400. The minimum atomic E-state index is -0.924. The molecule has 2 aromatic rings. The standard InChI is InChI=1S/C36H53FN6O4/c1-23(2)43(24(3)4)33(44)28-16-26(37)9-11-30(28)47-31-18-38-22-39-32(31)42-20-36(21-42)12-14-41(15-13-36)19-25-8-10-27(40-34(45)46)17-29(25)35(5,6)7/h9,11,16,18,22-25,27,29,40H,8,10,12-15,17,19-21H2,1-7H3,(H,45,46)/t25-,27+,29?/m0/s1. The van der Waals surface area contributed by atoms with Crippen LogP contribution in [0.25, 0.3) is 0 Å². The van der Waals surface area contributed by atoms with E-state index in [9.17, 15) is 19.1 Å². The van der Waals surface area contributed by atoms with Crippen LogP contribution in [0.5, 0.6) is 11.5 Å². The first-order chi connectivity index (χ1) is 22.2. The third-order valence-electron chi connectivity index (χ3n) is 10.6. The van der Waals surface area contributed by atoms with E-state index in [2.05, 4.69) is 45.9 Å². The summed E-state index contributed by atoms with van der Waals surface area (Å²) in [6, 6.07) is 3.97. The fraction of sp³-hybridized carbons (Fsp3) is 0.667. The van der Waals surface area contributed by atoms with E-state index < -0.39 is 11.9 Å². The van der Waals surface area contributed by atoms with Crippen LogP contribution in [0.2, 0.25) is 0 Å². The van der Waals surface area contributed by atoms with Crippen molar-refractivity contribution in [3.05, 3.63) is 42.1 Å². The van der Waals surface area contributed by atoms with Crippen molar-refractivity contribution in [1.29, 1.82) is 0 Å². The quantitative estimate of drug-likeness (QED) is 0.309. The summed E-state index contributed by atoms with van der Waals surface area (Å²) in [7, 11) is 0. The molecular weight excluding hydrogens is 599 g/mol. The highest BCUT2D eigenvalue weighted by molar-refractivity contribution is 5.97. The average Bonchev–Trinajstić information content (AvgIpc) is 2.97. The van der Waals surface area contributed by atoms with Gasteiger partial charge in [-0.25, -0.2) is 19.2 Å². The van der Waals surface area contributed by atoms with Crippen molar-refractivity contribution in [3.8, 4) is 11.5 Å². The lowest BCUT2D eigenvalue weighted by molar-refractivity contribution is 0.0260. The molecule has 2 saturated heterocycles. The van der Waals surface area contributed by atoms with Gasteiger partial charge in [-0.2, -0.15) is 0 Å². The molecule has 3 atom stereocenters. The van der Waals surface area contributed by atoms with Crippen LogP contribution in [0, 0.1) is 28.5 Å². The average molecular weight is 653 g/mol. The SMILES string of the molecule is CC(C)N(C(=O)c1cc(F)ccc1Oc1cncnc1N1CC2(CCN(C[C@@H]3CC[C@@H](NC(=O)O)CC3C(C)(C)C)CC2)C1)C(C)C. The fourth-order valence-electron chi connectivity index (χ4n) is 8.29. The maximum absolute atomic E-state index is 14.4. The van der Waals surface area contributed by atoms with Crippen LogP contribution >= 0.6 is 0 Å². The van der Waals surface area contributed by atoms with Gasteiger partial charge < -0.3 is 29.9 Å². The van der Waals surface area contributed by atoms with Gasteiger partial charge in [0.1, 0.15) is 17.9 Å². The lowest BCUT2D eigenvalue weighted by atomic mass is 9.64. The number of nitrogens with zero attached hydrogens (tertiary/aromatic N) is 5. The van der Waals surface area contributed by atoms with Crippen molar-refractivity contribution in [3.63, 3.8) is 0 Å². The van der Waals surface area contributed by atoms with E-state index in [0.717, 1.165) is 64.8 Å². The van der Waals surface area contributed by atoms with Gasteiger partial charge in [0.05, 0.1) is 11.8 Å². The molecule has 10 nitrogen and oxygen atoms in total. The number of amides is 2. The Morgan fingerprint density at radius 2 is 1.79 bits per heavy atom. The molecule has 1 saturated carbocycles. The molecule has 5 rings (SSSR count). The molecule has 1 aliphatic carbocycles. The number of benzene rings is 1. The van der Waals surface area contributed by atoms with Gasteiger partial charge in [0, 0.05) is 43.2 Å². The number of halogens is 1. The van der Waals surface area contributed by atoms with E-state index in [1.807, 2.05) is 27.7 Å². The minimum Gasteiger partial charge on any atom is -0.465 e. The van der Waals surface area contributed by atoms with Crippen LogP contribution < -0.4 is 15.0 Å². The van der Waals surface area contributed by atoms with Gasteiger partial charge in [0.25, 0.3) is 5.91 Å². The van der Waals surface area contributed by atoms with Crippen molar-refractivity contribution < 1.29 is 23.8 Å². The molecular formula is C36H53FN6O4. The second kappa shape index (κ2) is 13.9. The van der Waals surface area contributed by atoms with Crippen molar-refractivity contribution in [2.24, 2.45) is 22.7 Å². The van der Waals surface area contributed by atoms with Crippen molar-refractivity contribution in [1.82, 2.24) is 25.1 Å². The molecule has 3 fully saturated rings. The first-order valence-corrected chi connectivity index (χ1v) is 17.2. The second-order valence-corrected chi connectivity index (χ2v) is 15.7. The summed E-state index contributed by atoms with van der Waals surface area (Å²) < 4.78 is 20.7. The van der Waals surface area contributed by atoms with E-state index >= 15 is 0 Å². The van der Waals surface area contributed by atoms with Crippen LogP contribution in [-0.2, 0) is 0 Å². The summed E-state index contributed by atoms with van der Waals surface area (Å²) in [6.07, 6.45) is 7.27. The third kappa shape index (κ3) is 7.99. The zero-order valence-electron chi connectivity index (χ0n) is 29.1. The highest BCUT2D eigenvalue weighted by atomic mass is 19.1. The molecule has 3 aliphatic rings. The summed E-state index contributed by atoms with van der Waals surface area (Å²) in [5.41, 5.74) is 0.517. The predicted octanol–water partition coefficient (Wildman–Crippen LogP) is 6.67. The Morgan fingerprint density at radius 1 is 1.11 bits per heavy atom. The number of likely N-dealkylation sites (tertiary alicyclic amines) is 1. The fourth-order valence-corrected chi connectivity index (χ4v) is 8.29. The van der Waals surface area contributed by atoms with E-state index in [1.165, 1.54) is 24.5 Å². The van der Waals surface area contributed by atoms with Gasteiger partial charge in [-0.3, -0.25) is 4.79 Å². The summed E-state index contributed by atoms with van der Waals surface area (Å²) >= 11 is 0. The molecule has 1 aromatic carbocycles. The number of carbonyl (C=O) groups is 2. The largest absolute Gasteiger partial charge is 0.465 e. The van der Waals surface area contributed by atoms with E-state index in [0.29, 0.717) is 23.4 Å². The van der Waals surface area contributed by atoms with Crippen LogP contribution in [0.3, 0.4) is 0 Å². The van der Waals surface area contributed by atoms with Crippen LogP contribution in [0.15, 0.2) is 30.7 Å². The van der Waals surface area contributed by atoms with Crippen molar-refractivity contribution in [2.45, 2.75) is 98.7 Å². The Kier molecular flexibility index (Phi) is 10.3. The number of aromatic nitrogens is 2.